The van der Waals surface area contributed by atoms with Crippen LogP contribution in [0.1, 0.15) is 11.6 Å². The number of hydrogen-bond acceptors (Lipinski definition) is 2. The predicted octanol–water partition coefficient (Wildman–Crippen LogP) is 0.789. The van der Waals surface area contributed by atoms with E-state index in [4.69, 9.17) is 0 Å². The standard InChI is InChI=1S/C11H14N2O/c1-13-8-11(14)12-7-10(13)9-5-3-2-4-6-9/h2-6,10H,7-8H2,1H3,(H,12,14). The third-order valence-corrected chi connectivity index (χ3v) is 2.60. The van der Waals surface area contributed by atoms with E-state index >= 15 is 0 Å². The molecule has 0 aliphatic carbocycles. The summed E-state index contributed by atoms with van der Waals surface area (Å²) in [7, 11) is 1.98. The fourth-order valence-corrected chi connectivity index (χ4v) is 1.81. The van der Waals surface area contributed by atoms with Crippen LogP contribution in [0.25, 0.3) is 0 Å². The number of nitrogens with one attached hydrogen (secondary N) is 1. The summed E-state index contributed by atoms with van der Waals surface area (Å²) in [5.74, 6) is 0.111. The third-order valence-electron chi connectivity index (χ3n) is 2.60. The van der Waals surface area contributed by atoms with Gasteiger partial charge < -0.3 is 5.32 Å². The number of piperazine rings is 1. The van der Waals surface area contributed by atoms with Crippen molar-refractivity contribution in [1.82, 2.24) is 10.2 Å². The van der Waals surface area contributed by atoms with Gasteiger partial charge in [-0.1, -0.05) is 30.3 Å². The van der Waals surface area contributed by atoms with Crippen molar-refractivity contribution in [2.24, 2.45) is 0 Å². The lowest BCUT2D eigenvalue weighted by molar-refractivity contribution is -0.125. The number of carbonyl (C=O) groups is 1. The minimum Gasteiger partial charge on any atom is -0.353 e. The highest BCUT2D eigenvalue weighted by atomic mass is 16.2. The molecule has 0 saturated carbocycles. The first-order chi connectivity index (χ1) is 6.77. The van der Waals surface area contributed by atoms with Crippen molar-refractivity contribution < 1.29 is 4.79 Å². The number of carbonyl (C=O) groups excluding carboxylic acids is 1. The molecule has 1 heterocycles. The Morgan fingerprint density at radius 3 is 2.71 bits per heavy atom. The van der Waals surface area contributed by atoms with Gasteiger partial charge in [-0.3, -0.25) is 9.69 Å². The van der Waals surface area contributed by atoms with Crippen LogP contribution in [0.3, 0.4) is 0 Å². The summed E-state index contributed by atoms with van der Waals surface area (Å²) in [5, 5.41) is 2.88. The van der Waals surface area contributed by atoms with Crippen LogP contribution in [0.5, 0.6) is 0 Å². The molecule has 14 heavy (non-hydrogen) atoms. The van der Waals surface area contributed by atoms with Gasteiger partial charge in [-0.05, 0) is 12.6 Å². The van der Waals surface area contributed by atoms with Crippen LogP contribution in [0.2, 0.25) is 0 Å². The Labute approximate surface area is 83.7 Å². The first-order valence-electron chi connectivity index (χ1n) is 4.79. The van der Waals surface area contributed by atoms with Gasteiger partial charge in [0.25, 0.3) is 0 Å². The number of benzene rings is 1. The van der Waals surface area contributed by atoms with E-state index in [2.05, 4.69) is 22.3 Å². The lowest BCUT2D eigenvalue weighted by Gasteiger charge is -2.32. The molecule has 1 aliphatic rings. The molecular weight excluding hydrogens is 176 g/mol. The summed E-state index contributed by atoms with van der Waals surface area (Å²) in [4.78, 5) is 13.2. The van der Waals surface area contributed by atoms with Crippen molar-refractivity contribution in [2.75, 3.05) is 20.1 Å². The highest BCUT2D eigenvalue weighted by Gasteiger charge is 2.23. The molecule has 0 radical (unpaired) electrons. The lowest BCUT2D eigenvalue weighted by Crippen LogP contribution is -2.47. The average molecular weight is 190 g/mol. The van der Waals surface area contributed by atoms with E-state index in [1.807, 2.05) is 25.2 Å². The molecule has 74 valence electrons. The Morgan fingerprint density at radius 2 is 2.07 bits per heavy atom. The molecule has 1 fully saturated rings. The second-order valence-corrected chi connectivity index (χ2v) is 3.65. The van der Waals surface area contributed by atoms with Crippen LogP contribution in [-0.2, 0) is 4.79 Å². The minimum atomic E-state index is 0.111. The molecule has 1 N–H and O–H groups in total. The van der Waals surface area contributed by atoms with Crippen molar-refractivity contribution in [3.63, 3.8) is 0 Å². The zero-order valence-electron chi connectivity index (χ0n) is 8.23. The summed E-state index contributed by atoms with van der Waals surface area (Å²) < 4.78 is 0. The van der Waals surface area contributed by atoms with Gasteiger partial charge in [-0.2, -0.15) is 0 Å². The molecule has 3 heteroatoms. The van der Waals surface area contributed by atoms with Gasteiger partial charge in [0.1, 0.15) is 0 Å². The van der Waals surface area contributed by atoms with E-state index < -0.39 is 0 Å². The SMILES string of the molecule is CN1CC(=O)NCC1c1ccccc1. The molecule has 1 aliphatic heterocycles. The van der Waals surface area contributed by atoms with Crippen molar-refractivity contribution in [3.05, 3.63) is 35.9 Å². The largest absolute Gasteiger partial charge is 0.353 e. The van der Waals surface area contributed by atoms with Crippen LogP contribution in [-0.4, -0.2) is 30.9 Å². The molecule has 2 rings (SSSR count). The fourth-order valence-electron chi connectivity index (χ4n) is 1.81. The van der Waals surface area contributed by atoms with Crippen LogP contribution in [0, 0.1) is 0 Å². The number of likely N-dealkylation sites (N-methyl/N-ethyl adjacent to an activating group) is 1. The highest BCUT2D eigenvalue weighted by molar-refractivity contribution is 5.78. The Balaban J connectivity index is 2.16. The summed E-state index contributed by atoms with van der Waals surface area (Å²) in [5.41, 5.74) is 1.26. The van der Waals surface area contributed by atoms with Gasteiger partial charge in [0.05, 0.1) is 12.6 Å². The zero-order valence-corrected chi connectivity index (χ0v) is 8.23. The maximum Gasteiger partial charge on any atom is 0.234 e. The maximum absolute atomic E-state index is 11.1. The monoisotopic (exact) mass is 190 g/mol. The predicted molar refractivity (Wildman–Crippen MR) is 54.8 cm³/mol. The highest BCUT2D eigenvalue weighted by Crippen LogP contribution is 2.19. The third kappa shape index (κ3) is 1.77. The quantitative estimate of drug-likeness (QED) is 0.710. The lowest BCUT2D eigenvalue weighted by atomic mass is 10.0. The zero-order chi connectivity index (χ0) is 9.97. The van der Waals surface area contributed by atoms with Crippen molar-refractivity contribution in [2.45, 2.75) is 6.04 Å². The van der Waals surface area contributed by atoms with Gasteiger partial charge in [-0.25, -0.2) is 0 Å². The maximum atomic E-state index is 11.1. The molecule has 1 aromatic rings. The second-order valence-electron chi connectivity index (χ2n) is 3.65. The average Bonchev–Trinajstić information content (AvgIpc) is 2.19. The van der Waals surface area contributed by atoms with E-state index in [1.54, 1.807) is 0 Å². The number of nitrogens with zero attached hydrogens (tertiary/aromatic N) is 1. The molecule has 1 atom stereocenters. The number of rotatable bonds is 1. The van der Waals surface area contributed by atoms with E-state index in [0.29, 0.717) is 19.1 Å². The molecule has 0 aromatic heterocycles. The smallest absolute Gasteiger partial charge is 0.234 e. The summed E-state index contributed by atoms with van der Waals surface area (Å²) in [6, 6.07) is 10.6. The fraction of sp³-hybridized carbons (Fsp3) is 0.364. The Kier molecular flexibility index (Phi) is 2.50. The van der Waals surface area contributed by atoms with Crippen LogP contribution in [0.4, 0.5) is 0 Å². The summed E-state index contributed by atoms with van der Waals surface area (Å²) >= 11 is 0. The van der Waals surface area contributed by atoms with Crippen LogP contribution < -0.4 is 5.32 Å². The number of amides is 1. The topological polar surface area (TPSA) is 32.3 Å². The van der Waals surface area contributed by atoms with Crippen LogP contribution in [0.15, 0.2) is 30.3 Å². The second kappa shape index (κ2) is 3.80. The molecule has 1 aromatic carbocycles. The molecule has 1 amide bonds. The molecule has 3 nitrogen and oxygen atoms in total. The van der Waals surface area contributed by atoms with Crippen molar-refractivity contribution in [3.8, 4) is 0 Å². The van der Waals surface area contributed by atoms with Crippen molar-refractivity contribution >= 4 is 5.91 Å². The van der Waals surface area contributed by atoms with E-state index in [0.717, 1.165) is 0 Å². The van der Waals surface area contributed by atoms with E-state index in [-0.39, 0.29) is 5.91 Å². The van der Waals surface area contributed by atoms with Gasteiger partial charge >= 0.3 is 0 Å². The molecule has 0 bridgehead atoms. The van der Waals surface area contributed by atoms with E-state index in [9.17, 15) is 4.79 Å². The molecule has 1 saturated heterocycles. The van der Waals surface area contributed by atoms with Gasteiger partial charge in [0.15, 0.2) is 0 Å². The van der Waals surface area contributed by atoms with Gasteiger partial charge in [0, 0.05) is 6.54 Å². The molecule has 1 unspecified atom stereocenters. The first kappa shape index (κ1) is 9.21. The normalized spacial score (nSPS) is 23.2. The van der Waals surface area contributed by atoms with E-state index in [1.165, 1.54) is 5.56 Å². The molecular formula is C11H14N2O. The number of hydrogen-bond donors (Lipinski definition) is 1. The van der Waals surface area contributed by atoms with Crippen molar-refractivity contribution in [1.29, 1.82) is 0 Å². The molecule has 0 spiro atoms. The van der Waals surface area contributed by atoms with Gasteiger partial charge in [0.2, 0.25) is 5.91 Å². The summed E-state index contributed by atoms with van der Waals surface area (Å²) in [6.07, 6.45) is 0. The Morgan fingerprint density at radius 1 is 1.36 bits per heavy atom. The minimum absolute atomic E-state index is 0.111. The first-order valence-corrected chi connectivity index (χ1v) is 4.79. The Hall–Kier alpha value is -1.35. The Bertz CT molecular complexity index is 323. The summed E-state index contributed by atoms with van der Waals surface area (Å²) in [6.45, 7) is 1.19. The van der Waals surface area contributed by atoms with Gasteiger partial charge in [-0.15, -0.1) is 0 Å². The van der Waals surface area contributed by atoms with Crippen LogP contribution >= 0.6 is 0 Å².